The molecule has 0 amide bonds. The number of nitrogens with zero attached hydrogens (tertiary/aromatic N) is 3. The number of hydrogen-bond acceptors (Lipinski definition) is 12. The smallest absolute Gasteiger partial charge is 0.449 e. The maximum atomic E-state index is 15.2. The Bertz CT molecular complexity index is 1710. The molecule has 1 aromatic heterocycles. The Kier molecular flexibility index (Phi) is 9.28. The number of halogens is 6. The monoisotopic (exact) mass is 809 g/mol. The van der Waals surface area contributed by atoms with Gasteiger partial charge in [0.15, 0.2) is 17.5 Å². The average Bonchev–Trinajstić information content (AvgIpc) is 3.27. The summed E-state index contributed by atoms with van der Waals surface area (Å²) in [5.41, 5.74) is -2.35. The highest BCUT2D eigenvalue weighted by molar-refractivity contribution is 5.28. The first-order valence-electron chi connectivity index (χ1n) is 19.8. The normalized spacial score (nSPS) is 47.2. The summed E-state index contributed by atoms with van der Waals surface area (Å²) in [6.45, 7) is 7.58. The second-order valence-corrected chi connectivity index (χ2v) is 17.6. The van der Waals surface area contributed by atoms with Gasteiger partial charge in [0.05, 0.1) is 32.6 Å². The van der Waals surface area contributed by atoms with Crippen LogP contribution in [0.15, 0.2) is 17.5 Å². The van der Waals surface area contributed by atoms with Crippen LogP contribution in [0.25, 0.3) is 0 Å². The van der Waals surface area contributed by atoms with Crippen LogP contribution in [0.3, 0.4) is 0 Å². The third-order valence-corrected chi connectivity index (χ3v) is 14.3. The molecule has 0 radical (unpaired) electrons. The lowest BCUT2D eigenvalue weighted by Crippen LogP contribution is -2.76. The summed E-state index contributed by atoms with van der Waals surface area (Å²) >= 11 is 0. The van der Waals surface area contributed by atoms with Gasteiger partial charge in [-0.2, -0.15) is 26.3 Å². The van der Waals surface area contributed by atoms with Crippen molar-refractivity contribution in [2.75, 3.05) is 13.2 Å². The fourth-order valence-electron chi connectivity index (χ4n) is 11.5. The van der Waals surface area contributed by atoms with E-state index in [1.165, 1.54) is 17.8 Å². The van der Waals surface area contributed by atoms with E-state index in [1.54, 1.807) is 13.8 Å². The predicted molar refractivity (Wildman–Crippen MR) is 174 cm³/mol. The number of fused-ring (bicyclic) bond motifs is 4. The first kappa shape index (κ1) is 39.4. The molecule has 10 aliphatic rings. The molecular weight excluding hydrogens is 760 g/mol. The van der Waals surface area contributed by atoms with E-state index in [1.807, 2.05) is 0 Å². The Hall–Kier alpha value is -2.10. The van der Waals surface area contributed by atoms with Crippen molar-refractivity contribution in [1.29, 1.82) is 0 Å². The third-order valence-electron chi connectivity index (χ3n) is 14.3. The summed E-state index contributed by atoms with van der Waals surface area (Å²) in [6.07, 6.45) is -6.64. The van der Waals surface area contributed by atoms with Gasteiger partial charge in [0.1, 0.15) is 5.69 Å². The molecule has 9 heterocycles. The van der Waals surface area contributed by atoms with Gasteiger partial charge in [-0.3, -0.25) is 0 Å². The number of alkyl halides is 6. The van der Waals surface area contributed by atoms with Crippen LogP contribution in [0, 0.1) is 41.4 Å². The molecule has 14 atom stereocenters. The van der Waals surface area contributed by atoms with Gasteiger partial charge in [-0.15, -0.1) is 5.10 Å². The first-order valence-corrected chi connectivity index (χ1v) is 19.8. The molecule has 2 unspecified atom stereocenters. The highest BCUT2D eigenvalue weighted by Crippen LogP contribution is 2.65. The molecule has 314 valence electrons. The minimum Gasteiger partial charge on any atom is -0.456 e. The summed E-state index contributed by atoms with van der Waals surface area (Å²) in [5, 5.41) is 8.06. The quantitative estimate of drug-likeness (QED) is 0.198. The average molecular weight is 810 g/mol. The number of allylic oxidation sites excluding steroid dienone is 1. The van der Waals surface area contributed by atoms with Crippen LogP contribution in [0.1, 0.15) is 91.7 Å². The molecule has 13 nitrogen and oxygen atoms in total. The van der Waals surface area contributed by atoms with Crippen molar-refractivity contribution in [2.45, 2.75) is 153 Å². The van der Waals surface area contributed by atoms with Crippen molar-refractivity contribution in [3.05, 3.63) is 23.2 Å². The van der Waals surface area contributed by atoms with Gasteiger partial charge in [-0.1, -0.05) is 26.0 Å². The molecular formula is C37H49F6N3O10. The van der Waals surface area contributed by atoms with E-state index in [2.05, 4.69) is 24.2 Å². The molecule has 0 N–H and O–H groups in total. The van der Waals surface area contributed by atoms with Crippen LogP contribution in [0.2, 0.25) is 0 Å². The fourth-order valence-corrected chi connectivity index (χ4v) is 11.5. The second-order valence-electron chi connectivity index (χ2n) is 17.6. The van der Waals surface area contributed by atoms with E-state index in [0.717, 1.165) is 0 Å². The lowest BCUT2D eigenvalue weighted by atomic mass is 9.57. The minimum absolute atomic E-state index is 0.0967. The van der Waals surface area contributed by atoms with Gasteiger partial charge >= 0.3 is 12.4 Å². The lowest BCUT2D eigenvalue weighted by molar-refractivity contribution is -0.599. The SMILES string of the molecule is C[C@@H]1CC[C@H]2C(COCc3cn(CCO[C@@]4(C(F)(F)F)O[C@@H]5O[C@]6(C)CCC7[C@H](C)CC[C@@H]([C@H]4C)[C@]75OO6)nn3)=C(C(F)(F)F)O[C@@H]3O[C@]4(C)CCC1[C@]32OO4. The number of rotatable bonds is 8. The van der Waals surface area contributed by atoms with E-state index in [-0.39, 0.29) is 48.1 Å². The molecule has 2 aliphatic carbocycles. The Morgan fingerprint density at radius 3 is 2.09 bits per heavy atom. The topological polar surface area (TPSA) is 123 Å². The minimum atomic E-state index is -4.94. The summed E-state index contributed by atoms with van der Waals surface area (Å²) in [4.78, 5) is 23.5. The highest BCUT2D eigenvalue weighted by atomic mass is 19.4. The van der Waals surface area contributed by atoms with Gasteiger partial charge in [0.2, 0.25) is 23.6 Å². The molecule has 2 saturated carbocycles. The van der Waals surface area contributed by atoms with Gasteiger partial charge in [-0.05, 0) is 70.1 Å². The standard InChI is InChI=1S/C37H49F6N3O10/c1-19-6-8-26-21(3)35(37(41,42)43,52-30-33(26)24(19)10-13-32(5,51-30)54-55-33)48-15-14-46-16-22(44-45-46)17-47-18-23-27-9-7-20(2)25-11-12-31(4)50-29(34(25,27)56-53-31)49-28(23)36(38,39)40/h16,19-21,24-27,29-30H,6-15,17-18H2,1-5H3/t19-,20-,21-,24?,25?,26+,27+,29-,30+,31+,32+,33-,34-,35-/m1/s1. The number of hydrogen-bond donors (Lipinski definition) is 0. The maximum Gasteiger partial charge on any atom is 0.449 e. The van der Waals surface area contributed by atoms with Crippen LogP contribution in [0.4, 0.5) is 26.3 Å². The summed E-state index contributed by atoms with van der Waals surface area (Å²) in [6, 6.07) is 0. The molecule has 19 heteroatoms. The third kappa shape index (κ3) is 5.83. The van der Waals surface area contributed by atoms with Crippen molar-refractivity contribution < 1.29 is 74.3 Å². The second kappa shape index (κ2) is 13.2. The molecule has 9 fully saturated rings. The lowest BCUT2D eigenvalue weighted by Gasteiger charge is -2.62. The first-order chi connectivity index (χ1) is 26.3. The van der Waals surface area contributed by atoms with E-state index in [0.29, 0.717) is 51.4 Å². The Morgan fingerprint density at radius 2 is 1.41 bits per heavy atom. The maximum absolute atomic E-state index is 15.2. The van der Waals surface area contributed by atoms with Gasteiger partial charge in [-0.25, -0.2) is 24.2 Å². The summed E-state index contributed by atoms with van der Waals surface area (Å²) in [7, 11) is 0. The van der Waals surface area contributed by atoms with E-state index >= 15 is 13.2 Å². The molecule has 8 aliphatic heterocycles. The summed E-state index contributed by atoms with van der Waals surface area (Å²) < 4.78 is 126. The van der Waals surface area contributed by atoms with Crippen molar-refractivity contribution in [1.82, 2.24) is 15.0 Å². The zero-order valence-electron chi connectivity index (χ0n) is 32.0. The molecule has 0 aromatic carbocycles. The van der Waals surface area contributed by atoms with Crippen LogP contribution < -0.4 is 0 Å². The van der Waals surface area contributed by atoms with Crippen LogP contribution >= 0.6 is 0 Å². The molecule has 11 rings (SSSR count). The van der Waals surface area contributed by atoms with Crippen molar-refractivity contribution >= 4 is 0 Å². The number of aromatic nitrogens is 3. The van der Waals surface area contributed by atoms with Crippen molar-refractivity contribution in [2.24, 2.45) is 41.4 Å². The molecule has 2 spiro atoms. The fraction of sp³-hybridized carbons (Fsp3) is 0.892. The van der Waals surface area contributed by atoms with Gasteiger partial charge in [0, 0.05) is 42.1 Å². The Morgan fingerprint density at radius 1 is 0.768 bits per heavy atom. The van der Waals surface area contributed by atoms with Gasteiger partial charge < -0.3 is 28.4 Å². The molecule has 7 saturated heterocycles. The zero-order valence-corrected chi connectivity index (χ0v) is 32.0. The van der Waals surface area contributed by atoms with Crippen molar-refractivity contribution in [3.8, 4) is 0 Å². The Balaban J connectivity index is 0.886. The van der Waals surface area contributed by atoms with Gasteiger partial charge in [0.25, 0.3) is 5.79 Å². The predicted octanol–water partition coefficient (Wildman–Crippen LogP) is 7.01. The van der Waals surface area contributed by atoms with Crippen molar-refractivity contribution in [3.63, 3.8) is 0 Å². The number of ether oxygens (including phenoxy) is 6. The zero-order chi connectivity index (χ0) is 39.7. The van der Waals surface area contributed by atoms with E-state index in [4.69, 9.17) is 48.0 Å². The molecule has 4 bridgehead atoms. The highest BCUT2D eigenvalue weighted by Gasteiger charge is 2.77. The largest absolute Gasteiger partial charge is 0.456 e. The van der Waals surface area contributed by atoms with Crippen LogP contribution in [-0.4, -0.2) is 81.7 Å². The molecule has 1 aromatic rings. The molecule has 56 heavy (non-hydrogen) atoms. The summed E-state index contributed by atoms with van der Waals surface area (Å²) in [5.74, 6) is -9.26. The van der Waals surface area contributed by atoms with E-state index < -0.39 is 90.2 Å². The van der Waals surface area contributed by atoms with E-state index in [9.17, 15) is 13.2 Å². The van der Waals surface area contributed by atoms with Crippen LogP contribution in [-0.2, 0) is 61.1 Å². The Labute approximate surface area is 319 Å². The van der Waals surface area contributed by atoms with Crippen LogP contribution in [0.5, 0.6) is 0 Å².